The zero-order chi connectivity index (χ0) is 13.1. The Labute approximate surface area is 110 Å². The highest BCUT2D eigenvalue weighted by Gasteiger charge is 2.08. The van der Waals surface area contributed by atoms with Crippen LogP contribution in [0.15, 0.2) is 41.1 Å². The first-order chi connectivity index (χ1) is 8.56. The maximum Gasteiger partial charge on any atom is 0.337 e. The minimum absolute atomic E-state index is 0.0000236. The van der Waals surface area contributed by atoms with Crippen LogP contribution in [0.4, 0.5) is 4.39 Å². The number of halogens is 2. The Hall–Kier alpha value is -1.95. The molecule has 0 saturated heterocycles. The number of benzene rings is 1. The fourth-order valence-corrected chi connectivity index (χ4v) is 1.60. The summed E-state index contributed by atoms with van der Waals surface area (Å²) in [5.74, 6) is -1.08. The van der Waals surface area contributed by atoms with Gasteiger partial charge in [-0.2, -0.15) is 0 Å². The van der Waals surface area contributed by atoms with Gasteiger partial charge in [0.05, 0.1) is 16.2 Å². The number of nitrogens with zero attached hydrogens (tertiary/aromatic N) is 1. The smallest absolute Gasteiger partial charge is 0.337 e. The van der Waals surface area contributed by atoms with Crippen molar-refractivity contribution in [3.05, 3.63) is 52.5 Å². The second-order valence-corrected chi connectivity index (χ2v) is 4.25. The molecule has 2 rings (SSSR count). The number of carboxylic acids is 1. The van der Waals surface area contributed by atoms with Crippen molar-refractivity contribution in [2.24, 2.45) is 0 Å². The van der Waals surface area contributed by atoms with E-state index in [1.165, 1.54) is 36.7 Å². The molecule has 92 valence electrons. The maximum absolute atomic E-state index is 13.0. The summed E-state index contributed by atoms with van der Waals surface area (Å²) in [6.07, 6.45) is 2.56. The van der Waals surface area contributed by atoms with E-state index in [0.717, 1.165) is 0 Å². The zero-order valence-corrected chi connectivity index (χ0v) is 10.5. The Balaban J connectivity index is 2.31. The van der Waals surface area contributed by atoms with Crippen molar-refractivity contribution in [2.75, 3.05) is 0 Å². The first-order valence-corrected chi connectivity index (χ1v) is 5.67. The van der Waals surface area contributed by atoms with Crippen LogP contribution in [0.3, 0.4) is 0 Å². The molecule has 0 atom stereocenters. The van der Waals surface area contributed by atoms with Crippen LogP contribution in [-0.4, -0.2) is 16.1 Å². The van der Waals surface area contributed by atoms with Crippen molar-refractivity contribution < 1.29 is 19.0 Å². The topological polar surface area (TPSA) is 59.4 Å². The SMILES string of the molecule is O=C(O)c1cncc(Oc2cc(F)ccc2Br)c1. The van der Waals surface area contributed by atoms with E-state index in [2.05, 4.69) is 20.9 Å². The molecular formula is C12H7BrFNO3. The van der Waals surface area contributed by atoms with Gasteiger partial charge in [-0.05, 0) is 34.1 Å². The van der Waals surface area contributed by atoms with Crippen LogP contribution in [-0.2, 0) is 0 Å². The lowest BCUT2D eigenvalue weighted by Gasteiger charge is -2.07. The number of carbonyl (C=O) groups is 1. The first-order valence-electron chi connectivity index (χ1n) is 4.87. The Morgan fingerprint density at radius 1 is 1.33 bits per heavy atom. The van der Waals surface area contributed by atoms with Gasteiger partial charge >= 0.3 is 5.97 Å². The normalized spacial score (nSPS) is 10.1. The monoisotopic (exact) mass is 311 g/mol. The van der Waals surface area contributed by atoms with Gasteiger partial charge in [-0.25, -0.2) is 9.18 Å². The standard InChI is InChI=1S/C12H7BrFNO3/c13-10-2-1-8(14)4-11(10)18-9-3-7(12(16)17)5-15-6-9/h1-6H,(H,16,17). The molecule has 0 fully saturated rings. The van der Waals surface area contributed by atoms with Crippen molar-refractivity contribution in [3.63, 3.8) is 0 Å². The summed E-state index contributed by atoms with van der Waals surface area (Å²) in [7, 11) is 0. The molecule has 0 saturated carbocycles. The quantitative estimate of drug-likeness (QED) is 0.943. The van der Waals surface area contributed by atoms with Gasteiger partial charge in [0.25, 0.3) is 0 Å². The highest BCUT2D eigenvalue weighted by Crippen LogP contribution is 2.30. The van der Waals surface area contributed by atoms with Crippen LogP contribution >= 0.6 is 15.9 Å². The lowest BCUT2D eigenvalue weighted by Crippen LogP contribution is -1.97. The molecule has 0 aliphatic rings. The highest BCUT2D eigenvalue weighted by molar-refractivity contribution is 9.10. The third kappa shape index (κ3) is 2.84. The minimum Gasteiger partial charge on any atom is -0.478 e. The summed E-state index contributed by atoms with van der Waals surface area (Å²) in [5.41, 5.74) is 0.0000236. The molecule has 0 spiro atoms. The molecular weight excluding hydrogens is 305 g/mol. The van der Waals surface area contributed by atoms with Crippen LogP contribution in [0.25, 0.3) is 0 Å². The predicted molar refractivity (Wildman–Crippen MR) is 65.4 cm³/mol. The van der Waals surface area contributed by atoms with Crippen LogP contribution in [0, 0.1) is 5.82 Å². The number of rotatable bonds is 3. The minimum atomic E-state index is -1.11. The molecule has 18 heavy (non-hydrogen) atoms. The zero-order valence-electron chi connectivity index (χ0n) is 8.93. The molecule has 0 radical (unpaired) electrons. The van der Waals surface area contributed by atoms with Crippen molar-refractivity contribution in [1.82, 2.24) is 4.98 Å². The van der Waals surface area contributed by atoms with Gasteiger partial charge in [-0.1, -0.05) is 0 Å². The molecule has 6 heteroatoms. The summed E-state index contributed by atoms with van der Waals surface area (Å²) >= 11 is 3.21. The molecule has 1 N–H and O–H groups in total. The number of pyridine rings is 1. The molecule has 4 nitrogen and oxygen atoms in total. The summed E-state index contributed by atoms with van der Waals surface area (Å²) in [6.45, 7) is 0. The third-order valence-electron chi connectivity index (χ3n) is 2.08. The Morgan fingerprint density at radius 2 is 2.11 bits per heavy atom. The van der Waals surface area contributed by atoms with E-state index in [4.69, 9.17) is 9.84 Å². The molecule has 0 unspecified atom stereocenters. The summed E-state index contributed by atoms with van der Waals surface area (Å²) in [6, 6.07) is 5.28. The number of hydrogen-bond acceptors (Lipinski definition) is 3. The predicted octanol–water partition coefficient (Wildman–Crippen LogP) is 3.47. The largest absolute Gasteiger partial charge is 0.478 e. The molecule has 1 aromatic carbocycles. The number of carboxylic acid groups (broad SMARTS) is 1. The first kappa shape index (κ1) is 12.5. The van der Waals surface area contributed by atoms with E-state index < -0.39 is 11.8 Å². The average Bonchev–Trinajstić information content (AvgIpc) is 2.34. The van der Waals surface area contributed by atoms with Crippen LogP contribution in [0.1, 0.15) is 10.4 Å². The lowest BCUT2D eigenvalue weighted by molar-refractivity contribution is 0.0696. The van der Waals surface area contributed by atoms with E-state index in [0.29, 0.717) is 4.47 Å². The highest BCUT2D eigenvalue weighted by atomic mass is 79.9. The van der Waals surface area contributed by atoms with Crippen molar-refractivity contribution in [2.45, 2.75) is 0 Å². The second kappa shape index (κ2) is 5.14. The van der Waals surface area contributed by atoms with E-state index in [1.54, 1.807) is 0 Å². The van der Waals surface area contributed by atoms with Crippen LogP contribution in [0.5, 0.6) is 11.5 Å². The van der Waals surface area contributed by atoms with Gasteiger partial charge in [-0.3, -0.25) is 4.98 Å². The average molecular weight is 312 g/mol. The molecule has 1 heterocycles. The van der Waals surface area contributed by atoms with E-state index in [9.17, 15) is 9.18 Å². The van der Waals surface area contributed by atoms with E-state index in [1.807, 2.05) is 0 Å². The summed E-state index contributed by atoms with van der Waals surface area (Å²) < 4.78 is 19.0. The second-order valence-electron chi connectivity index (χ2n) is 3.39. The van der Waals surface area contributed by atoms with Crippen molar-refractivity contribution in [1.29, 1.82) is 0 Å². The van der Waals surface area contributed by atoms with Gasteiger partial charge in [0.1, 0.15) is 17.3 Å². The summed E-state index contributed by atoms with van der Waals surface area (Å²) in [4.78, 5) is 14.5. The van der Waals surface area contributed by atoms with Crippen LogP contribution in [0.2, 0.25) is 0 Å². The van der Waals surface area contributed by atoms with Crippen molar-refractivity contribution >= 4 is 21.9 Å². The molecule has 0 amide bonds. The van der Waals surface area contributed by atoms with Gasteiger partial charge in [0, 0.05) is 12.3 Å². The lowest BCUT2D eigenvalue weighted by atomic mass is 10.3. The van der Waals surface area contributed by atoms with E-state index >= 15 is 0 Å². The molecule has 1 aromatic heterocycles. The third-order valence-corrected chi connectivity index (χ3v) is 2.74. The maximum atomic E-state index is 13.0. The number of aromatic nitrogens is 1. The fourth-order valence-electron chi connectivity index (χ4n) is 1.27. The Bertz CT molecular complexity index is 604. The molecule has 0 bridgehead atoms. The van der Waals surface area contributed by atoms with Gasteiger partial charge in [0.2, 0.25) is 0 Å². The van der Waals surface area contributed by atoms with Gasteiger partial charge < -0.3 is 9.84 Å². The molecule has 0 aliphatic heterocycles. The van der Waals surface area contributed by atoms with Gasteiger partial charge in [0.15, 0.2) is 0 Å². The fraction of sp³-hybridized carbons (Fsp3) is 0. The number of aromatic carboxylic acids is 1. The van der Waals surface area contributed by atoms with Crippen LogP contribution < -0.4 is 4.74 Å². The number of hydrogen-bond donors (Lipinski definition) is 1. The molecule has 2 aromatic rings. The molecule has 0 aliphatic carbocycles. The van der Waals surface area contributed by atoms with Gasteiger partial charge in [-0.15, -0.1) is 0 Å². The summed E-state index contributed by atoms with van der Waals surface area (Å²) in [5, 5.41) is 8.81. The van der Waals surface area contributed by atoms with E-state index in [-0.39, 0.29) is 17.1 Å². The van der Waals surface area contributed by atoms with Crippen molar-refractivity contribution in [3.8, 4) is 11.5 Å². The Kier molecular flexibility index (Phi) is 3.57. The number of ether oxygens (including phenoxy) is 1. The Morgan fingerprint density at radius 3 is 2.83 bits per heavy atom.